The van der Waals surface area contributed by atoms with Gasteiger partial charge in [-0.1, -0.05) is 6.92 Å². The molecule has 5 nitrogen and oxygen atoms in total. The molecule has 1 aliphatic heterocycles. The van der Waals surface area contributed by atoms with E-state index in [9.17, 15) is 4.79 Å². The highest BCUT2D eigenvalue weighted by Gasteiger charge is 2.31. The summed E-state index contributed by atoms with van der Waals surface area (Å²) in [6.07, 6.45) is 2.51. The first-order valence-electron chi connectivity index (χ1n) is 7.16. The Morgan fingerprint density at radius 1 is 1.47 bits per heavy atom. The number of nitrogens with zero attached hydrogens (tertiary/aromatic N) is 1. The quantitative estimate of drug-likeness (QED) is 0.742. The van der Waals surface area contributed by atoms with Crippen LogP contribution in [0, 0.1) is 5.92 Å². The second-order valence-electron chi connectivity index (χ2n) is 6.09. The van der Waals surface area contributed by atoms with Gasteiger partial charge in [-0.3, -0.25) is 9.69 Å². The van der Waals surface area contributed by atoms with Gasteiger partial charge in [-0.15, -0.1) is 0 Å². The summed E-state index contributed by atoms with van der Waals surface area (Å²) in [5.41, 5.74) is 5.48. The van der Waals surface area contributed by atoms with Crippen molar-refractivity contribution in [3.8, 4) is 0 Å². The standard InChI is InChI=1S/C14H29N3O2/c1-11(9-15)13(18)16-10-14(2,3)17-7-5-12(19-4)6-8-17/h11-12H,5-10,15H2,1-4H3,(H,16,18). The second-order valence-corrected chi connectivity index (χ2v) is 6.09. The van der Waals surface area contributed by atoms with Crippen molar-refractivity contribution in [2.24, 2.45) is 11.7 Å². The van der Waals surface area contributed by atoms with E-state index in [4.69, 9.17) is 10.5 Å². The number of carbonyl (C=O) groups is 1. The maximum absolute atomic E-state index is 11.8. The third kappa shape index (κ3) is 4.75. The van der Waals surface area contributed by atoms with Crippen molar-refractivity contribution in [3.05, 3.63) is 0 Å². The molecule has 1 heterocycles. The molecule has 5 heteroatoms. The monoisotopic (exact) mass is 271 g/mol. The molecule has 0 saturated carbocycles. The molecule has 19 heavy (non-hydrogen) atoms. The molecule has 0 aromatic rings. The summed E-state index contributed by atoms with van der Waals surface area (Å²) < 4.78 is 5.39. The largest absolute Gasteiger partial charge is 0.381 e. The number of hydrogen-bond donors (Lipinski definition) is 2. The summed E-state index contributed by atoms with van der Waals surface area (Å²) in [5, 5.41) is 3.00. The predicted octanol–water partition coefficient (Wildman–Crippen LogP) is 0.587. The van der Waals surface area contributed by atoms with Crippen LogP contribution in [0.4, 0.5) is 0 Å². The van der Waals surface area contributed by atoms with Crippen molar-refractivity contribution in [1.82, 2.24) is 10.2 Å². The minimum atomic E-state index is -0.116. The first-order valence-corrected chi connectivity index (χ1v) is 7.16. The fourth-order valence-electron chi connectivity index (χ4n) is 2.39. The molecule has 0 aromatic carbocycles. The van der Waals surface area contributed by atoms with Crippen LogP contribution in [0.1, 0.15) is 33.6 Å². The number of likely N-dealkylation sites (tertiary alicyclic amines) is 1. The fraction of sp³-hybridized carbons (Fsp3) is 0.929. The van der Waals surface area contributed by atoms with Gasteiger partial charge in [-0.05, 0) is 26.7 Å². The highest BCUT2D eigenvalue weighted by molar-refractivity contribution is 5.78. The van der Waals surface area contributed by atoms with Gasteiger partial charge >= 0.3 is 0 Å². The molecule has 1 atom stereocenters. The lowest BCUT2D eigenvalue weighted by Crippen LogP contribution is -2.55. The SMILES string of the molecule is COC1CCN(C(C)(C)CNC(=O)C(C)CN)CC1. The lowest BCUT2D eigenvalue weighted by Gasteiger charge is -2.42. The lowest BCUT2D eigenvalue weighted by atomic mass is 9.97. The third-order valence-corrected chi connectivity index (χ3v) is 4.13. The summed E-state index contributed by atoms with van der Waals surface area (Å²) in [7, 11) is 1.78. The Kier molecular flexibility index (Phi) is 6.23. The van der Waals surface area contributed by atoms with Crippen LogP contribution in [-0.2, 0) is 9.53 Å². The van der Waals surface area contributed by atoms with Gasteiger partial charge in [0.25, 0.3) is 0 Å². The van der Waals surface area contributed by atoms with Gasteiger partial charge in [0.2, 0.25) is 5.91 Å². The van der Waals surface area contributed by atoms with E-state index in [2.05, 4.69) is 24.1 Å². The average Bonchev–Trinajstić information content (AvgIpc) is 2.44. The molecule has 0 spiro atoms. The molecule has 1 amide bonds. The van der Waals surface area contributed by atoms with Crippen molar-refractivity contribution in [2.45, 2.75) is 45.3 Å². The number of methoxy groups -OCH3 is 1. The van der Waals surface area contributed by atoms with Crippen molar-refractivity contribution >= 4 is 5.91 Å². The summed E-state index contributed by atoms with van der Waals surface area (Å²) >= 11 is 0. The number of carbonyl (C=O) groups excluding carboxylic acids is 1. The molecule has 112 valence electrons. The van der Waals surface area contributed by atoms with Crippen LogP contribution in [0.3, 0.4) is 0 Å². The third-order valence-electron chi connectivity index (χ3n) is 4.13. The molecular weight excluding hydrogens is 242 g/mol. The highest BCUT2D eigenvalue weighted by atomic mass is 16.5. The van der Waals surface area contributed by atoms with Crippen molar-refractivity contribution < 1.29 is 9.53 Å². The molecular formula is C14H29N3O2. The van der Waals surface area contributed by atoms with E-state index in [1.807, 2.05) is 6.92 Å². The molecule has 1 fully saturated rings. The molecule has 0 bridgehead atoms. The number of amides is 1. The minimum Gasteiger partial charge on any atom is -0.381 e. The van der Waals surface area contributed by atoms with Gasteiger partial charge in [0, 0.05) is 44.7 Å². The number of piperidine rings is 1. The molecule has 1 saturated heterocycles. The Balaban J connectivity index is 2.41. The lowest BCUT2D eigenvalue weighted by molar-refractivity contribution is -0.124. The number of ether oxygens (including phenoxy) is 1. The van der Waals surface area contributed by atoms with Gasteiger partial charge < -0.3 is 15.8 Å². The van der Waals surface area contributed by atoms with Gasteiger partial charge in [0.05, 0.1) is 6.10 Å². The fourth-order valence-corrected chi connectivity index (χ4v) is 2.39. The molecule has 0 aliphatic carbocycles. The Hall–Kier alpha value is -0.650. The summed E-state index contributed by atoms with van der Waals surface area (Å²) in [5.74, 6) is -0.0719. The number of nitrogens with two attached hydrogens (primary N) is 1. The summed E-state index contributed by atoms with van der Waals surface area (Å²) in [4.78, 5) is 14.2. The van der Waals surface area contributed by atoms with E-state index < -0.39 is 0 Å². The van der Waals surface area contributed by atoms with Crippen LogP contribution in [0.25, 0.3) is 0 Å². The zero-order valence-electron chi connectivity index (χ0n) is 12.7. The Morgan fingerprint density at radius 2 is 2.05 bits per heavy atom. The number of rotatable bonds is 6. The van der Waals surface area contributed by atoms with E-state index in [0.717, 1.165) is 25.9 Å². The minimum absolute atomic E-state index is 0.0251. The van der Waals surface area contributed by atoms with Crippen molar-refractivity contribution in [2.75, 3.05) is 33.3 Å². The van der Waals surface area contributed by atoms with Crippen LogP contribution < -0.4 is 11.1 Å². The zero-order valence-corrected chi connectivity index (χ0v) is 12.7. The van der Waals surface area contributed by atoms with E-state index in [0.29, 0.717) is 19.2 Å². The van der Waals surface area contributed by atoms with E-state index >= 15 is 0 Å². The Bertz CT molecular complexity index is 286. The summed E-state index contributed by atoms with van der Waals surface area (Å²) in [6, 6.07) is 0. The van der Waals surface area contributed by atoms with Crippen LogP contribution in [0.5, 0.6) is 0 Å². The molecule has 1 unspecified atom stereocenters. The van der Waals surface area contributed by atoms with E-state index in [1.54, 1.807) is 7.11 Å². The molecule has 1 rings (SSSR count). The molecule has 0 aromatic heterocycles. The van der Waals surface area contributed by atoms with Gasteiger partial charge in [0.1, 0.15) is 0 Å². The Morgan fingerprint density at radius 3 is 2.53 bits per heavy atom. The van der Waals surface area contributed by atoms with Gasteiger partial charge in [0.15, 0.2) is 0 Å². The molecule has 0 radical (unpaired) electrons. The average molecular weight is 271 g/mol. The maximum Gasteiger partial charge on any atom is 0.224 e. The summed E-state index contributed by atoms with van der Waals surface area (Å²) in [6.45, 7) is 9.30. The maximum atomic E-state index is 11.8. The van der Waals surface area contributed by atoms with E-state index in [-0.39, 0.29) is 17.4 Å². The van der Waals surface area contributed by atoms with E-state index in [1.165, 1.54) is 0 Å². The second kappa shape index (κ2) is 7.22. The van der Waals surface area contributed by atoms with Crippen LogP contribution in [0.2, 0.25) is 0 Å². The Labute approximate surface area is 116 Å². The first-order chi connectivity index (χ1) is 8.90. The van der Waals surface area contributed by atoms with Crippen molar-refractivity contribution in [1.29, 1.82) is 0 Å². The zero-order chi connectivity index (χ0) is 14.5. The topological polar surface area (TPSA) is 67.6 Å². The first kappa shape index (κ1) is 16.4. The molecule has 1 aliphatic rings. The van der Waals surface area contributed by atoms with Crippen molar-refractivity contribution in [3.63, 3.8) is 0 Å². The van der Waals surface area contributed by atoms with Crippen LogP contribution in [0.15, 0.2) is 0 Å². The van der Waals surface area contributed by atoms with Crippen LogP contribution >= 0.6 is 0 Å². The molecule has 3 N–H and O–H groups in total. The normalized spacial score (nSPS) is 20.3. The van der Waals surface area contributed by atoms with Crippen LogP contribution in [-0.4, -0.2) is 55.7 Å². The smallest absolute Gasteiger partial charge is 0.224 e. The predicted molar refractivity (Wildman–Crippen MR) is 76.9 cm³/mol. The van der Waals surface area contributed by atoms with Gasteiger partial charge in [-0.25, -0.2) is 0 Å². The number of nitrogens with one attached hydrogen (secondary N) is 1. The van der Waals surface area contributed by atoms with Gasteiger partial charge in [-0.2, -0.15) is 0 Å². The number of hydrogen-bond acceptors (Lipinski definition) is 4. The highest BCUT2D eigenvalue weighted by Crippen LogP contribution is 2.21.